The molecule has 3 heterocycles. The third-order valence-electron chi connectivity index (χ3n) is 14.1. The van der Waals surface area contributed by atoms with Crippen LogP contribution in [0.3, 0.4) is 0 Å². The number of fused-ring (bicyclic) bond motifs is 5. The second kappa shape index (κ2) is 19.5. The zero-order chi connectivity index (χ0) is 46.8. The van der Waals surface area contributed by atoms with Gasteiger partial charge in [-0.1, -0.05) is 70.2 Å². The summed E-state index contributed by atoms with van der Waals surface area (Å²) in [6, 6.07) is 16.9. The second-order valence-electron chi connectivity index (χ2n) is 18.7. The lowest BCUT2D eigenvalue weighted by atomic mass is 9.81. The number of hydrogen-bond acceptors (Lipinski definition) is 9. The van der Waals surface area contributed by atoms with E-state index in [1.165, 1.54) is 30.9 Å². The van der Waals surface area contributed by atoms with Gasteiger partial charge in [0.1, 0.15) is 23.7 Å². The Labute approximate surface area is 386 Å². The number of aromatic amines is 1. The van der Waals surface area contributed by atoms with Crippen molar-refractivity contribution in [1.29, 1.82) is 0 Å². The number of anilines is 1. The van der Waals surface area contributed by atoms with Crippen LogP contribution in [0.15, 0.2) is 65.8 Å². The Morgan fingerprint density at radius 1 is 0.758 bits per heavy atom. The van der Waals surface area contributed by atoms with Gasteiger partial charge < -0.3 is 40.2 Å². The van der Waals surface area contributed by atoms with Gasteiger partial charge >= 0.3 is 12.2 Å². The molecule has 0 radical (unpaired) electrons. The van der Waals surface area contributed by atoms with Crippen LogP contribution in [0.4, 0.5) is 15.3 Å². The van der Waals surface area contributed by atoms with E-state index >= 15 is 0 Å². The van der Waals surface area contributed by atoms with Crippen LogP contribution in [0.25, 0.3) is 33.5 Å². The highest BCUT2D eigenvalue weighted by molar-refractivity contribution is 6.05. The molecular formula is C51H62N8O7. The van der Waals surface area contributed by atoms with Gasteiger partial charge in [0.15, 0.2) is 6.29 Å². The number of likely N-dealkylation sites (tertiary alicyclic amines) is 2. The predicted molar refractivity (Wildman–Crippen MR) is 253 cm³/mol. The summed E-state index contributed by atoms with van der Waals surface area (Å²) in [6.07, 6.45) is 7.91. The Balaban J connectivity index is 1.01. The highest BCUT2D eigenvalue weighted by atomic mass is 16.5. The first-order valence-electron chi connectivity index (χ1n) is 23.3. The molecule has 2 saturated heterocycles. The number of rotatable bonds is 13. The van der Waals surface area contributed by atoms with Crippen molar-refractivity contribution in [3.8, 4) is 33.5 Å². The summed E-state index contributed by atoms with van der Waals surface area (Å²) in [5, 5.41) is 8.82. The molecule has 4 aromatic rings. The van der Waals surface area contributed by atoms with Crippen LogP contribution in [-0.4, -0.2) is 108 Å². The minimum atomic E-state index is -0.752. The van der Waals surface area contributed by atoms with Gasteiger partial charge in [-0.25, -0.2) is 14.6 Å². The van der Waals surface area contributed by atoms with Crippen molar-refractivity contribution in [1.82, 2.24) is 30.4 Å². The molecule has 4 N–H and O–H groups in total. The monoisotopic (exact) mass is 898 g/mol. The van der Waals surface area contributed by atoms with Crippen molar-refractivity contribution in [2.75, 3.05) is 39.7 Å². The fourth-order valence-corrected chi connectivity index (χ4v) is 10.8. The number of amides is 4. The summed E-state index contributed by atoms with van der Waals surface area (Å²) in [4.78, 5) is 80.8. The molecule has 4 aliphatic rings. The van der Waals surface area contributed by atoms with E-state index in [-0.39, 0.29) is 35.7 Å². The number of aldehydes is 1. The Bertz CT molecular complexity index is 2510. The molecular weight excluding hydrogens is 837 g/mol. The topological polar surface area (TPSA) is 187 Å². The smallest absolute Gasteiger partial charge is 0.407 e. The van der Waals surface area contributed by atoms with Crippen LogP contribution in [0.1, 0.15) is 118 Å². The zero-order valence-corrected chi connectivity index (χ0v) is 39.0. The minimum absolute atomic E-state index is 0.115. The lowest BCUT2D eigenvalue weighted by Gasteiger charge is -2.31. The largest absolute Gasteiger partial charge is 0.453 e. The van der Waals surface area contributed by atoms with Crippen LogP contribution in [0.5, 0.6) is 0 Å². The van der Waals surface area contributed by atoms with Gasteiger partial charge in [0.25, 0.3) is 0 Å². The number of benzene rings is 3. The Kier molecular flexibility index (Phi) is 13.6. The molecule has 1 saturated carbocycles. The maximum atomic E-state index is 13.8. The Morgan fingerprint density at radius 2 is 1.32 bits per heavy atom. The Morgan fingerprint density at radius 3 is 1.91 bits per heavy atom. The van der Waals surface area contributed by atoms with Gasteiger partial charge in [0, 0.05) is 25.7 Å². The third kappa shape index (κ3) is 8.91. The van der Waals surface area contributed by atoms with Crippen LogP contribution in [-0.2, 0) is 19.1 Å². The van der Waals surface area contributed by atoms with Gasteiger partial charge in [-0.15, -0.1) is 0 Å². The van der Waals surface area contributed by atoms with Crippen molar-refractivity contribution in [3.63, 3.8) is 0 Å². The first kappa shape index (κ1) is 46.0. The molecule has 15 nitrogen and oxygen atoms in total. The highest BCUT2D eigenvalue weighted by Crippen LogP contribution is 2.58. The SMILES string of the molecule is CN=C(Nc1ccc(-c2ccc(-c3ccc(-c4cnc(C5CCCN5C(=O)C(NC(=O)OC)C(C)C)[nH]4)cc3)c3c2C2CCC3C2)cc1C=O)C1CCCN1C(=O)C(NC(=O)OC)C(C)C. The third-order valence-corrected chi connectivity index (χ3v) is 14.1. The van der Waals surface area contributed by atoms with Crippen molar-refractivity contribution < 1.29 is 33.4 Å². The van der Waals surface area contributed by atoms with E-state index in [0.29, 0.717) is 48.4 Å². The van der Waals surface area contributed by atoms with Crippen molar-refractivity contribution >= 4 is 41.8 Å². The van der Waals surface area contributed by atoms with E-state index in [0.717, 1.165) is 78.6 Å². The number of nitrogens with zero attached hydrogens (tertiary/aromatic N) is 4. The molecule has 1 aromatic heterocycles. The number of carbonyl (C=O) groups excluding carboxylic acids is 5. The van der Waals surface area contributed by atoms with Crippen molar-refractivity contribution in [2.24, 2.45) is 16.8 Å². The highest BCUT2D eigenvalue weighted by Gasteiger charge is 2.42. The van der Waals surface area contributed by atoms with E-state index in [9.17, 15) is 24.0 Å². The first-order chi connectivity index (χ1) is 31.8. The standard InChI is InChI=1S/C51H62N8O7/c1-28(2)44(56-50(63)65-6)48(61)58-22-8-10-40(58)46(52-5)54-38-21-18-32(24-35(38)27-60)37-20-19-36(42-33-16-17-34(25-33)43(37)42)30-12-14-31(15-13-30)39-26-53-47(55-39)41-11-9-23-59(41)49(62)45(29(3)4)57-51(64)66-7/h12-15,18-21,24,26-29,33-34,40-41,44-45H,8-11,16-17,22-23,25H2,1-7H3,(H,52,54)(H,53,55)(H,56,63)(H,57,64). The summed E-state index contributed by atoms with van der Waals surface area (Å²) in [5.74, 6) is 1.61. The lowest BCUT2D eigenvalue weighted by molar-refractivity contribution is -0.135. The zero-order valence-electron chi connectivity index (χ0n) is 39.0. The number of aliphatic imine (C=N–C) groups is 1. The number of ether oxygens (including phenoxy) is 2. The summed E-state index contributed by atoms with van der Waals surface area (Å²) in [6.45, 7) is 8.69. The predicted octanol–water partition coefficient (Wildman–Crippen LogP) is 8.44. The fourth-order valence-electron chi connectivity index (χ4n) is 10.8. The number of H-pyrrole nitrogens is 1. The van der Waals surface area contributed by atoms with E-state index in [4.69, 9.17) is 14.5 Å². The second-order valence-corrected chi connectivity index (χ2v) is 18.7. The molecule has 0 spiro atoms. The molecule has 2 aliphatic heterocycles. The molecule has 15 heteroatoms. The van der Waals surface area contributed by atoms with E-state index in [2.05, 4.69) is 68.4 Å². The number of hydrogen-bond donors (Lipinski definition) is 4. The van der Waals surface area contributed by atoms with Crippen LogP contribution in [0.2, 0.25) is 0 Å². The normalized spacial score (nSPS) is 20.9. The number of methoxy groups -OCH3 is 2. The average Bonchev–Trinajstić information content (AvgIpc) is 4.20. The van der Waals surface area contributed by atoms with E-state index in [1.54, 1.807) is 11.9 Å². The number of amidine groups is 1. The van der Waals surface area contributed by atoms with E-state index in [1.807, 2.05) is 50.9 Å². The first-order valence-corrected chi connectivity index (χ1v) is 23.3. The van der Waals surface area contributed by atoms with Crippen molar-refractivity contribution in [3.05, 3.63) is 83.3 Å². The van der Waals surface area contributed by atoms with Crippen LogP contribution >= 0.6 is 0 Å². The summed E-state index contributed by atoms with van der Waals surface area (Å²) in [5.41, 5.74) is 10.2. The van der Waals surface area contributed by atoms with Gasteiger partial charge in [0.2, 0.25) is 11.8 Å². The fraction of sp³-hybridized carbons (Fsp3) is 0.471. The van der Waals surface area contributed by atoms with Crippen molar-refractivity contribution in [2.45, 2.75) is 109 Å². The number of alkyl carbamates (subject to hydrolysis) is 2. The molecule has 66 heavy (non-hydrogen) atoms. The molecule has 6 unspecified atom stereocenters. The van der Waals surface area contributed by atoms with Gasteiger partial charge in [-0.05, 0) is 120 Å². The summed E-state index contributed by atoms with van der Waals surface area (Å²) < 4.78 is 9.59. The number of aromatic nitrogens is 2. The lowest BCUT2D eigenvalue weighted by Crippen LogP contribution is -2.54. The Hall–Kier alpha value is -6.51. The summed E-state index contributed by atoms with van der Waals surface area (Å²) >= 11 is 0. The average molecular weight is 899 g/mol. The van der Waals surface area contributed by atoms with E-state index < -0.39 is 24.3 Å². The number of nitrogens with one attached hydrogen (secondary N) is 4. The van der Waals surface area contributed by atoms with Gasteiger partial charge in [-0.3, -0.25) is 19.4 Å². The molecule has 3 aromatic carbocycles. The summed E-state index contributed by atoms with van der Waals surface area (Å²) in [7, 11) is 4.25. The molecule has 8 rings (SSSR count). The number of imidazole rings is 1. The number of carbonyl (C=O) groups is 5. The van der Waals surface area contributed by atoms with Crippen LogP contribution in [0, 0.1) is 11.8 Å². The molecule has 3 fully saturated rings. The molecule has 2 bridgehead atoms. The molecule has 2 aliphatic carbocycles. The maximum Gasteiger partial charge on any atom is 0.407 e. The van der Waals surface area contributed by atoms with Gasteiger partial charge in [0.05, 0.1) is 43.9 Å². The van der Waals surface area contributed by atoms with Gasteiger partial charge in [-0.2, -0.15) is 0 Å². The molecule has 348 valence electrons. The maximum absolute atomic E-state index is 13.8. The van der Waals surface area contributed by atoms with Crippen LogP contribution < -0.4 is 16.0 Å². The minimum Gasteiger partial charge on any atom is -0.453 e. The molecule has 6 atom stereocenters. The quantitative estimate of drug-likeness (QED) is 0.0580. The molecule has 4 amide bonds.